The standard InChI is InChI=1S/C17H18N4/c18-7-14(8-19)16(15(9-20)10-21)17-4-11-1-12(5-17)3-13(2-11)6-17/h11-16H,1-6H2. The second kappa shape index (κ2) is 5.06. The molecule has 0 aromatic rings. The van der Waals surface area contributed by atoms with Crippen LogP contribution in [0.15, 0.2) is 0 Å². The molecule has 0 unspecified atom stereocenters. The first-order valence-electron chi connectivity index (χ1n) is 7.74. The Morgan fingerprint density at radius 3 is 1.29 bits per heavy atom. The van der Waals surface area contributed by atoms with Gasteiger partial charge in [0.2, 0.25) is 0 Å². The summed E-state index contributed by atoms with van der Waals surface area (Å²) in [7, 11) is 0. The van der Waals surface area contributed by atoms with Crippen molar-refractivity contribution >= 4 is 0 Å². The summed E-state index contributed by atoms with van der Waals surface area (Å²) in [5.41, 5.74) is -0.124. The smallest absolute Gasteiger partial charge is 0.138 e. The van der Waals surface area contributed by atoms with Crippen LogP contribution in [0.1, 0.15) is 38.5 Å². The summed E-state index contributed by atoms with van der Waals surface area (Å²) in [6, 6.07) is 8.25. The van der Waals surface area contributed by atoms with Crippen molar-refractivity contribution in [1.82, 2.24) is 0 Å². The molecule has 21 heavy (non-hydrogen) atoms. The van der Waals surface area contributed by atoms with E-state index in [-0.39, 0.29) is 5.41 Å². The minimum Gasteiger partial charge on any atom is -0.197 e. The Morgan fingerprint density at radius 1 is 0.667 bits per heavy atom. The van der Waals surface area contributed by atoms with Gasteiger partial charge in [-0.3, -0.25) is 0 Å². The van der Waals surface area contributed by atoms with Crippen LogP contribution in [0.3, 0.4) is 0 Å². The zero-order valence-electron chi connectivity index (χ0n) is 12.0. The quantitative estimate of drug-likeness (QED) is 0.792. The Kier molecular flexibility index (Phi) is 3.35. The molecule has 4 saturated carbocycles. The summed E-state index contributed by atoms with van der Waals surface area (Å²) in [4.78, 5) is 0. The molecule has 4 rings (SSSR count). The molecule has 0 spiro atoms. The van der Waals surface area contributed by atoms with Crippen molar-refractivity contribution in [2.24, 2.45) is 40.9 Å². The molecule has 0 atom stereocenters. The third-order valence-electron chi connectivity index (χ3n) is 6.07. The van der Waals surface area contributed by atoms with Crippen LogP contribution in [-0.4, -0.2) is 0 Å². The van der Waals surface area contributed by atoms with Gasteiger partial charge in [0.25, 0.3) is 0 Å². The fourth-order valence-corrected chi connectivity index (χ4v) is 5.86. The number of nitriles is 4. The van der Waals surface area contributed by atoms with Gasteiger partial charge in [0.05, 0.1) is 24.3 Å². The molecule has 0 aromatic carbocycles. The van der Waals surface area contributed by atoms with Crippen LogP contribution in [-0.2, 0) is 0 Å². The highest BCUT2D eigenvalue weighted by Crippen LogP contribution is 2.64. The van der Waals surface area contributed by atoms with E-state index in [0.29, 0.717) is 17.8 Å². The Bertz CT molecular complexity index is 499. The van der Waals surface area contributed by atoms with Gasteiger partial charge >= 0.3 is 0 Å². The largest absolute Gasteiger partial charge is 0.197 e. The third-order valence-corrected chi connectivity index (χ3v) is 6.07. The first-order valence-corrected chi connectivity index (χ1v) is 7.74. The average molecular weight is 278 g/mol. The second-order valence-corrected chi connectivity index (χ2v) is 7.28. The molecule has 106 valence electrons. The molecule has 4 aliphatic rings. The third kappa shape index (κ3) is 2.07. The van der Waals surface area contributed by atoms with Crippen LogP contribution in [0.2, 0.25) is 0 Å². The van der Waals surface area contributed by atoms with Gasteiger partial charge in [-0.1, -0.05) is 0 Å². The lowest BCUT2D eigenvalue weighted by atomic mass is 9.44. The first-order chi connectivity index (χ1) is 10.2. The van der Waals surface area contributed by atoms with Crippen molar-refractivity contribution in [1.29, 1.82) is 21.0 Å². The number of rotatable bonds is 3. The Hall–Kier alpha value is -2.04. The van der Waals surface area contributed by atoms with E-state index in [4.69, 9.17) is 0 Å². The summed E-state index contributed by atoms with van der Waals surface area (Å²) in [5, 5.41) is 37.4. The predicted molar refractivity (Wildman–Crippen MR) is 73.5 cm³/mol. The maximum Gasteiger partial charge on any atom is 0.138 e. The molecule has 4 bridgehead atoms. The second-order valence-electron chi connectivity index (χ2n) is 7.28. The van der Waals surface area contributed by atoms with Crippen molar-refractivity contribution in [3.8, 4) is 24.3 Å². The predicted octanol–water partition coefficient (Wildman–Crippen LogP) is 3.15. The lowest BCUT2D eigenvalue weighted by Crippen LogP contribution is -2.52. The van der Waals surface area contributed by atoms with Crippen LogP contribution in [0.25, 0.3) is 0 Å². The fraction of sp³-hybridized carbons (Fsp3) is 0.765. The fourth-order valence-electron chi connectivity index (χ4n) is 5.86. The summed E-state index contributed by atoms with van der Waals surface area (Å²) in [5.74, 6) is -0.0635. The Morgan fingerprint density at radius 2 is 1.00 bits per heavy atom. The summed E-state index contributed by atoms with van der Waals surface area (Å²) in [6.07, 6.45) is 6.80. The van der Waals surface area contributed by atoms with Gasteiger partial charge in [-0.15, -0.1) is 0 Å². The molecular weight excluding hydrogens is 260 g/mol. The molecule has 0 N–H and O–H groups in total. The zero-order valence-corrected chi connectivity index (χ0v) is 12.0. The van der Waals surface area contributed by atoms with Crippen molar-refractivity contribution in [3.63, 3.8) is 0 Å². The zero-order chi connectivity index (χ0) is 15.0. The lowest BCUT2D eigenvalue weighted by molar-refractivity contribution is -0.0970. The SMILES string of the molecule is N#CC(C#N)C(C(C#N)C#N)C12CC3CC(CC(C3)C1)C2. The molecule has 4 heteroatoms. The molecule has 0 radical (unpaired) electrons. The van der Waals surface area contributed by atoms with E-state index in [1.807, 2.05) is 0 Å². The van der Waals surface area contributed by atoms with Gasteiger partial charge < -0.3 is 0 Å². The molecule has 4 nitrogen and oxygen atoms in total. The number of hydrogen-bond acceptors (Lipinski definition) is 4. The van der Waals surface area contributed by atoms with Gasteiger partial charge in [-0.25, -0.2) is 0 Å². The minimum atomic E-state index is -0.842. The van der Waals surface area contributed by atoms with E-state index in [9.17, 15) is 21.0 Å². The van der Waals surface area contributed by atoms with Gasteiger partial charge in [0.15, 0.2) is 0 Å². The highest BCUT2D eigenvalue weighted by atomic mass is 14.6. The first kappa shape index (κ1) is 13.9. The van der Waals surface area contributed by atoms with Crippen molar-refractivity contribution < 1.29 is 0 Å². The van der Waals surface area contributed by atoms with Gasteiger partial charge in [-0.05, 0) is 61.7 Å². The maximum absolute atomic E-state index is 9.35. The van der Waals surface area contributed by atoms with Gasteiger partial charge in [-0.2, -0.15) is 21.0 Å². The molecule has 0 aliphatic heterocycles. The van der Waals surface area contributed by atoms with E-state index < -0.39 is 17.8 Å². The van der Waals surface area contributed by atoms with E-state index >= 15 is 0 Å². The molecule has 0 aromatic heterocycles. The van der Waals surface area contributed by atoms with Crippen LogP contribution in [0.4, 0.5) is 0 Å². The van der Waals surface area contributed by atoms with Crippen LogP contribution < -0.4 is 0 Å². The van der Waals surface area contributed by atoms with Crippen molar-refractivity contribution in [2.75, 3.05) is 0 Å². The van der Waals surface area contributed by atoms with E-state index in [1.54, 1.807) is 0 Å². The molecule has 0 saturated heterocycles. The minimum absolute atomic E-state index is 0.124. The topological polar surface area (TPSA) is 95.2 Å². The monoisotopic (exact) mass is 278 g/mol. The van der Waals surface area contributed by atoms with Crippen molar-refractivity contribution in [2.45, 2.75) is 38.5 Å². The summed E-state index contributed by atoms with van der Waals surface area (Å²) in [6.45, 7) is 0. The Labute approximate surface area is 125 Å². The molecule has 0 amide bonds. The molecular formula is C17H18N4. The van der Waals surface area contributed by atoms with E-state index in [0.717, 1.165) is 19.3 Å². The van der Waals surface area contributed by atoms with Gasteiger partial charge in [0.1, 0.15) is 11.8 Å². The number of nitrogens with zero attached hydrogens (tertiary/aromatic N) is 4. The molecule has 4 fully saturated rings. The van der Waals surface area contributed by atoms with Crippen LogP contribution >= 0.6 is 0 Å². The molecule has 4 aliphatic carbocycles. The molecule has 0 heterocycles. The van der Waals surface area contributed by atoms with E-state index in [1.165, 1.54) is 19.3 Å². The van der Waals surface area contributed by atoms with Crippen LogP contribution in [0, 0.1) is 86.2 Å². The lowest BCUT2D eigenvalue weighted by Gasteiger charge is -2.60. The summed E-state index contributed by atoms with van der Waals surface area (Å²) >= 11 is 0. The highest BCUT2D eigenvalue weighted by Gasteiger charge is 2.57. The van der Waals surface area contributed by atoms with Gasteiger partial charge in [0, 0.05) is 5.92 Å². The summed E-state index contributed by atoms with van der Waals surface area (Å²) < 4.78 is 0. The number of hydrogen-bond donors (Lipinski definition) is 0. The highest BCUT2D eigenvalue weighted by molar-refractivity contribution is 5.19. The van der Waals surface area contributed by atoms with E-state index in [2.05, 4.69) is 24.3 Å². The van der Waals surface area contributed by atoms with Crippen LogP contribution in [0.5, 0.6) is 0 Å². The Balaban J connectivity index is 2.01. The normalized spacial score (nSPS) is 36.2. The van der Waals surface area contributed by atoms with Crippen molar-refractivity contribution in [3.05, 3.63) is 0 Å². The average Bonchev–Trinajstić information content (AvgIpc) is 2.46. The maximum atomic E-state index is 9.35.